The summed E-state index contributed by atoms with van der Waals surface area (Å²) in [6, 6.07) is 19.4. The molecule has 2 aromatic carbocycles. The molecule has 0 saturated carbocycles. The Balaban J connectivity index is 1.68. The molecule has 0 spiro atoms. The summed E-state index contributed by atoms with van der Waals surface area (Å²) in [6.45, 7) is 0. The Morgan fingerprint density at radius 3 is 2.45 bits per heavy atom. The summed E-state index contributed by atoms with van der Waals surface area (Å²) in [4.78, 5) is 23.7. The van der Waals surface area contributed by atoms with Gasteiger partial charge in [-0.15, -0.1) is 0 Å². The van der Waals surface area contributed by atoms with Crippen LogP contribution in [0.4, 0.5) is 11.6 Å². The Hall–Kier alpha value is -3.77. The molecule has 0 saturated heterocycles. The van der Waals surface area contributed by atoms with Crippen molar-refractivity contribution in [3.63, 3.8) is 0 Å². The summed E-state index contributed by atoms with van der Waals surface area (Å²) in [6.07, 6.45) is 4.28. The van der Waals surface area contributed by atoms with Gasteiger partial charge < -0.3 is 10.4 Å². The maximum absolute atomic E-state index is 11.1. The number of nitrogens with one attached hydrogen (secondary N) is 1. The third-order valence-corrected chi connectivity index (χ3v) is 4.51. The number of carboxylic acids is 1. The van der Waals surface area contributed by atoms with Crippen LogP contribution in [0.5, 0.6) is 0 Å². The highest BCUT2D eigenvalue weighted by molar-refractivity contribution is 6.32. The van der Waals surface area contributed by atoms with Gasteiger partial charge in [-0.25, -0.2) is 14.8 Å². The van der Waals surface area contributed by atoms with Gasteiger partial charge in [-0.05, 0) is 23.3 Å². The fourth-order valence-corrected chi connectivity index (χ4v) is 3.06. The molecule has 2 heterocycles. The normalized spacial score (nSPS) is 10.5. The second-order valence-corrected chi connectivity index (χ2v) is 6.64. The molecule has 7 heteroatoms. The molecule has 0 bridgehead atoms. The minimum Gasteiger partial charge on any atom is -0.478 e. The number of rotatable bonds is 5. The fraction of sp³-hybridized carbons (Fsp3) is 0. The highest BCUT2D eigenvalue weighted by atomic mass is 35.5. The molecule has 4 aromatic rings. The lowest BCUT2D eigenvalue weighted by atomic mass is 10.0. The molecule has 142 valence electrons. The summed E-state index contributed by atoms with van der Waals surface area (Å²) in [5.74, 6) is -0.768. The molecule has 0 unspecified atom stereocenters. The molecule has 0 aliphatic rings. The van der Waals surface area contributed by atoms with E-state index in [-0.39, 0.29) is 5.56 Å². The molecule has 0 atom stereocenters. The number of benzene rings is 2. The molecule has 4 rings (SSSR count). The number of carbonyl (C=O) groups is 1. The quantitative estimate of drug-likeness (QED) is 0.471. The Labute approximate surface area is 171 Å². The van der Waals surface area contributed by atoms with Crippen molar-refractivity contribution in [2.75, 3.05) is 5.32 Å². The zero-order valence-electron chi connectivity index (χ0n) is 15.1. The SMILES string of the molecule is O=C(O)c1cncc(Nc2ncc(Cl)c(-c3cccc(-c4ccccc4)c3)n2)c1. The lowest BCUT2D eigenvalue weighted by Crippen LogP contribution is -2.02. The van der Waals surface area contributed by atoms with E-state index in [0.717, 1.165) is 16.7 Å². The topological polar surface area (TPSA) is 88.0 Å². The highest BCUT2D eigenvalue weighted by Gasteiger charge is 2.11. The van der Waals surface area contributed by atoms with Crippen LogP contribution in [0, 0.1) is 0 Å². The summed E-state index contributed by atoms with van der Waals surface area (Å²) in [7, 11) is 0. The van der Waals surface area contributed by atoms with Crippen LogP contribution in [-0.2, 0) is 0 Å². The number of aromatic carboxylic acids is 1. The lowest BCUT2D eigenvalue weighted by molar-refractivity contribution is 0.0696. The third kappa shape index (κ3) is 4.23. The Kier molecular flexibility index (Phi) is 5.18. The highest BCUT2D eigenvalue weighted by Crippen LogP contribution is 2.30. The Morgan fingerprint density at radius 1 is 0.897 bits per heavy atom. The van der Waals surface area contributed by atoms with Crippen LogP contribution in [-0.4, -0.2) is 26.0 Å². The maximum atomic E-state index is 11.1. The Morgan fingerprint density at radius 2 is 1.66 bits per heavy atom. The molecule has 2 N–H and O–H groups in total. The standard InChI is InChI=1S/C22H15ClN4O2/c23-19-13-25-22(26-18-10-17(21(28)29)11-24-12-18)27-20(19)16-8-4-7-15(9-16)14-5-2-1-3-6-14/h1-13H,(H,28,29)(H,25,26,27). The Bertz CT molecular complexity index is 1180. The van der Waals surface area contributed by atoms with E-state index in [9.17, 15) is 4.79 Å². The van der Waals surface area contributed by atoms with Gasteiger partial charge in [0.05, 0.1) is 34.4 Å². The molecule has 6 nitrogen and oxygen atoms in total. The first-order valence-electron chi connectivity index (χ1n) is 8.74. The first-order chi connectivity index (χ1) is 14.1. The van der Waals surface area contributed by atoms with Crippen molar-refractivity contribution in [2.45, 2.75) is 0 Å². The van der Waals surface area contributed by atoms with E-state index in [1.807, 2.05) is 54.6 Å². The number of carboxylic acid groups (broad SMARTS) is 1. The number of hydrogen-bond donors (Lipinski definition) is 2. The van der Waals surface area contributed by atoms with Gasteiger partial charge in [0, 0.05) is 11.8 Å². The lowest BCUT2D eigenvalue weighted by Gasteiger charge is -2.10. The number of aromatic nitrogens is 3. The number of hydrogen-bond acceptors (Lipinski definition) is 5. The van der Waals surface area contributed by atoms with Crippen LogP contribution in [0.2, 0.25) is 5.02 Å². The van der Waals surface area contributed by atoms with Gasteiger partial charge in [-0.3, -0.25) is 4.98 Å². The fourth-order valence-electron chi connectivity index (χ4n) is 2.86. The average molecular weight is 403 g/mol. The van der Waals surface area contributed by atoms with E-state index >= 15 is 0 Å². The van der Waals surface area contributed by atoms with E-state index < -0.39 is 5.97 Å². The zero-order valence-corrected chi connectivity index (χ0v) is 15.8. The zero-order chi connectivity index (χ0) is 20.2. The molecule has 2 aromatic heterocycles. The van der Waals surface area contributed by atoms with Gasteiger partial charge in [0.1, 0.15) is 0 Å². The van der Waals surface area contributed by atoms with Crippen molar-refractivity contribution in [1.29, 1.82) is 0 Å². The minimum absolute atomic E-state index is 0.0692. The van der Waals surface area contributed by atoms with Crippen molar-refractivity contribution >= 4 is 29.2 Å². The van der Waals surface area contributed by atoms with Gasteiger partial charge in [-0.1, -0.05) is 60.1 Å². The second kappa shape index (κ2) is 8.08. The molecule has 0 fully saturated rings. The monoisotopic (exact) mass is 402 g/mol. The van der Waals surface area contributed by atoms with Gasteiger partial charge in [0.25, 0.3) is 0 Å². The maximum Gasteiger partial charge on any atom is 0.337 e. The number of pyridine rings is 1. The van der Waals surface area contributed by atoms with E-state index in [4.69, 9.17) is 16.7 Å². The van der Waals surface area contributed by atoms with Crippen LogP contribution >= 0.6 is 11.6 Å². The molecule has 0 aliphatic heterocycles. The molecular weight excluding hydrogens is 388 g/mol. The molecule has 0 amide bonds. The molecule has 29 heavy (non-hydrogen) atoms. The van der Waals surface area contributed by atoms with Crippen LogP contribution in [0.25, 0.3) is 22.4 Å². The largest absolute Gasteiger partial charge is 0.478 e. The van der Waals surface area contributed by atoms with Crippen molar-refractivity contribution in [1.82, 2.24) is 15.0 Å². The molecular formula is C22H15ClN4O2. The van der Waals surface area contributed by atoms with Crippen molar-refractivity contribution in [2.24, 2.45) is 0 Å². The first kappa shape index (κ1) is 18.6. The molecule has 0 aliphatic carbocycles. The van der Waals surface area contributed by atoms with Crippen molar-refractivity contribution in [3.8, 4) is 22.4 Å². The third-order valence-electron chi connectivity index (χ3n) is 4.23. The van der Waals surface area contributed by atoms with E-state index in [2.05, 4.69) is 20.3 Å². The predicted octanol–water partition coefficient (Wildman–Crippen LogP) is 5.30. The first-order valence-corrected chi connectivity index (χ1v) is 9.12. The van der Waals surface area contributed by atoms with Crippen LogP contribution in [0.3, 0.4) is 0 Å². The summed E-state index contributed by atoms with van der Waals surface area (Å²) in [5, 5.41) is 12.5. The van der Waals surface area contributed by atoms with Crippen LogP contribution in [0.1, 0.15) is 10.4 Å². The minimum atomic E-state index is -1.06. The van der Waals surface area contributed by atoms with Gasteiger partial charge in [0.2, 0.25) is 5.95 Å². The van der Waals surface area contributed by atoms with Crippen molar-refractivity contribution in [3.05, 3.63) is 89.8 Å². The van der Waals surface area contributed by atoms with E-state index in [0.29, 0.717) is 22.4 Å². The van der Waals surface area contributed by atoms with Crippen molar-refractivity contribution < 1.29 is 9.90 Å². The van der Waals surface area contributed by atoms with Gasteiger partial charge >= 0.3 is 5.97 Å². The van der Waals surface area contributed by atoms with Crippen LogP contribution in [0.15, 0.2) is 79.3 Å². The number of anilines is 2. The number of nitrogens with zero attached hydrogens (tertiary/aromatic N) is 3. The van der Waals surface area contributed by atoms with Gasteiger partial charge in [0.15, 0.2) is 0 Å². The smallest absolute Gasteiger partial charge is 0.337 e. The summed E-state index contributed by atoms with van der Waals surface area (Å²) in [5.41, 5.74) is 4.10. The van der Waals surface area contributed by atoms with Gasteiger partial charge in [-0.2, -0.15) is 0 Å². The number of halogens is 1. The van der Waals surface area contributed by atoms with E-state index in [1.165, 1.54) is 24.7 Å². The predicted molar refractivity (Wildman–Crippen MR) is 112 cm³/mol. The summed E-state index contributed by atoms with van der Waals surface area (Å²) < 4.78 is 0. The summed E-state index contributed by atoms with van der Waals surface area (Å²) >= 11 is 6.36. The molecule has 0 radical (unpaired) electrons. The van der Waals surface area contributed by atoms with E-state index in [1.54, 1.807) is 0 Å². The second-order valence-electron chi connectivity index (χ2n) is 6.23. The van der Waals surface area contributed by atoms with Crippen LogP contribution < -0.4 is 5.32 Å². The average Bonchev–Trinajstić information content (AvgIpc) is 2.76.